The molecule has 0 spiro atoms. The Balaban J connectivity index is 2.40. The van der Waals surface area contributed by atoms with Gasteiger partial charge in [0.2, 0.25) is 11.2 Å². The summed E-state index contributed by atoms with van der Waals surface area (Å²) in [7, 11) is 2.09. The molecule has 0 aliphatic carbocycles. The lowest BCUT2D eigenvalue weighted by Crippen LogP contribution is -2.33. The second kappa shape index (κ2) is 6.83. The van der Waals surface area contributed by atoms with Gasteiger partial charge >= 0.3 is 0 Å². The Morgan fingerprint density at radius 1 is 0.885 bits per heavy atom. The number of rotatable bonds is 3. The highest BCUT2D eigenvalue weighted by Crippen LogP contribution is 2.34. The molecular formula is C24H29FN+. The zero-order valence-electron chi connectivity index (χ0n) is 16.9. The van der Waals surface area contributed by atoms with Gasteiger partial charge < -0.3 is 0 Å². The third-order valence-corrected chi connectivity index (χ3v) is 5.35. The molecule has 2 heteroatoms. The molecule has 3 rings (SSSR count). The summed E-state index contributed by atoms with van der Waals surface area (Å²) in [4.78, 5) is 0. The third-order valence-electron chi connectivity index (χ3n) is 5.35. The highest BCUT2D eigenvalue weighted by atomic mass is 19.1. The molecule has 0 radical (unpaired) electrons. The summed E-state index contributed by atoms with van der Waals surface area (Å²) in [6, 6.07) is 12.8. The van der Waals surface area contributed by atoms with Crippen LogP contribution in [0.15, 0.2) is 36.4 Å². The van der Waals surface area contributed by atoms with Crippen molar-refractivity contribution in [2.75, 3.05) is 0 Å². The minimum atomic E-state index is -0.0398. The smallest absolute Gasteiger partial charge is 0.206 e. The van der Waals surface area contributed by atoms with Crippen molar-refractivity contribution in [1.82, 2.24) is 0 Å². The minimum Gasteiger partial charge on any atom is -0.206 e. The molecular weight excluding hydrogens is 321 g/mol. The number of aryl methyl sites for hydroxylation is 3. The molecule has 0 unspecified atom stereocenters. The van der Waals surface area contributed by atoms with E-state index in [1.165, 1.54) is 16.7 Å². The van der Waals surface area contributed by atoms with Gasteiger partial charge in [-0.1, -0.05) is 45.4 Å². The Bertz CT molecular complexity index is 983. The molecule has 0 bridgehead atoms. The summed E-state index contributed by atoms with van der Waals surface area (Å²) in [5.74, 6) is 0.256. The molecule has 26 heavy (non-hydrogen) atoms. The molecule has 1 nitrogen and oxygen atoms in total. The fraction of sp³-hybridized carbons (Fsp3) is 0.375. The standard InChI is InChI=1S/C24H29FN/c1-14(2)19-13-22-18(23(15(3)4)24(19)25)10-11-21(26(22)7)20-12-16(5)8-9-17(20)6/h8-15H,1-7H3/q+1. The fourth-order valence-electron chi connectivity index (χ4n) is 3.82. The number of nitrogens with zero attached hydrogens (tertiary/aromatic N) is 1. The van der Waals surface area contributed by atoms with Gasteiger partial charge in [-0.3, -0.25) is 0 Å². The van der Waals surface area contributed by atoms with Gasteiger partial charge in [-0.15, -0.1) is 0 Å². The topological polar surface area (TPSA) is 3.88 Å². The van der Waals surface area contributed by atoms with Crippen LogP contribution in [0.1, 0.15) is 61.8 Å². The zero-order valence-corrected chi connectivity index (χ0v) is 16.9. The maximum Gasteiger partial charge on any atom is 0.213 e. The van der Waals surface area contributed by atoms with Crippen LogP contribution in [0.2, 0.25) is 0 Å². The molecule has 3 aromatic rings. The van der Waals surface area contributed by atoms with Crippen molar-refractivity contribution in [3.05, 3.63) is 64.5 Å². The van der Waals surface area contributed by atoms with Crippen molar-refractivity contribution in [3.63, 3.8) is 0 Å². The number of fused-ring (bicyclic) bond motifs is 1. The molecule has 1 aromatic heterocycles. The SMILES string of the molecule is Cc1ccc(C)c(-c2ccc3c(C(C)C)c(F)c(C(C)C)cc3[n+]2C)c1. The quantitative estimate of drug-likeness (QED) is 0.486. The van der Waals surface area contributed by atoms with E-state index in [0.29, 0.717) is 0 Å². The van der Waals surface area contributed by atoms with Crippen LogP contribution < -0.4 is 4.57 Å². The molecule has 136 valence electrons. The van der Waals surface area contributed by atoms with E-state index in [9.17, 15) is 0 Å². The second-order valence-electron chi connectivity index (χ2n) is 8.03. The molecule has 1 heterocycles. The largest absolute Gasteiger partial charge is 0.213 e. The van der Waals surface area contributed by atoms with E-state index >= 15 is 4.39 Å². The first kappa shape index (κ1) is 18.6. The Labute approximate surface area is 156 Å². The average molecular weight is 351 g/mol. The van der Waals surface area contributed by atoms with Crippen molar-refractivity contribution >= 4 is 10.9 Å². The van der Waals surface area contributed by atoms with Gasteiger partial charge in [-0.25, -0.2) is 4.39 Å². The first-order chi connectivity index (χ1) is 12.2. The van der Waals surface area contributed by atoms with Gasteiger partial charge in [0.1, 0.15) is 12.9 Å². The average Bonchev–Trinajstić information content (AvgIpc) is 2.56. The van der Waals surface area contributed by atoms with E-state index in [0.717, 1.165) is 27.7 Å². The summed E-state index contributed by atoms with van der Waals surface area (Å²) >= 11 is 0. The van der Waals surface area contributed by atoms with Crippen LogP contribution in [0.3, 0.4) is 0 Å². The van der Waals surface area contributed by atoms with Crippen LogP contribution in [-0.4, -0.2) is 0 Å². The van der Waals surface area contributed by atoms with Gasteiger partial charge in [-0.2, -0.15) is 4.57 Å². The van der Waals surface area contributed by atoms with Gasteiger partial charge in [0.25, 0.3) is 0 Å². The number of hydrogen-bond acceptors (Lipinski definition) is 0. The van der Waals surface area contributed by atoms with Gasteiger partial charge in [0.15, 0.2) is 0 Å². The summed E-state index contributed by atoms with van der Waals surface area (Å²) in [5.41, 5.74) is 7.61. The Hall–Kier alpha value is -2.22. The number of aromatic nitrogens is 1. The normalized spacial score (nSPS) is 11.8. The molecule has 0 amide bonds. The maximum atomic E-state index is 15.2. The van der Waals surface area contributed by atoms with Crippen molar-refractivity contribution < 1.29 is 8.96 Å². The number of hydrogen-bond donors (Lipinski definition) is 0. The highest BCUT2D eigenvalue weighted by molar-refractivity contribution is 5.83. The monoisotopic (exact) mass is 350 g/mol. The van der Waals surface area contributed by atoms with E-state index in [1.54, 1.807) is 0 Å². The Kier molecular flexibility index (Phi) is 4.88. The summed E-state index contributed by atoms with van der Waals surface area (Å²) in [6.45, 7) is 12.5. The third kappa shape index (κ3) is 3.02. The number of benzene rings is 2. The van der Waals surface area contributed by atoms with Gasteiger partial charge in [0, 0.05) is 23.3 Å². The van der Waals surface area contributed by atoms with E-state index in [2.05, 4.69) is 83.5 Å². The van der Waals surface area contributed by atoms with Crippen molar-refractivity contribution in [1.29, 1.82) is 0 Å². The summed E-state index contributed by atoms with van der Waals surface area (Å²) in [5, 5.41) is 1.01. The van der Waals surface area contributed by atoms with Crippen LogP contribution in [-0.2, 0) is 7.05 Å². The lowest BCUT2D eigenvalue weighted by molar-refractivity contribution is -0.633. The lowest BCUT2D eigenvalue weighted by Gasteiger charge is -2.17. The van der Waals surface area contributed by atoms with E-state index in [1.807, 2.05) is 6.07 Å². The second-order valence-corrected chi connectivity index (χ2v) is 8.03. The maximum absolute atomic E-state index is 15.2. The van der Waals surface area contributed by atoms with Crippen molar-refractivity contribution in [2.45, 2.75) is 53.4 Å². The van der Waals surface area contributed by atoms with Crippen LogP contribution >= 0.6 is 0 Å². The molecule has 0 aliphatic heterocycles. The van der Waals surface area contributed by atoms with Gasteiger partial charge in [0.05, 0.1) is 5.39 Å². The van der Waals surface area contributed by atoms with E-state index in [-0.39, 0.29) is 17.7 Å². The first-order valence-electron chi connectivity index (χ1n) is 9.45. The molecule has 0 saturated carbocycles. The van der Waals surface area contributed by atoms with Crippen LogP contribution in [0.5, 0.6) is 0 Å². The predicted octanol–water partition coefficient (Wildman–Crippen LogP) is 6.33. The van der Waals surface area contributed by atoms with Crippen LogP contribution in [0.25, 0.3) is 22.2 Å². The molecule has 0 saturated heterocycles. The molecule has 0 aliphatic rings. The summed E-state index contributed by atoms with van der Waals surface area (Å²) in [6.07, 6.45) is 0. The van der Waals surface area contributed by atoms with Crippen LogP contribution in [0.4, 0.5) is 4.39 Å². The Morgan fingerprint density at radius 2 is 1.58 bits per heavy atom. The fourth-order valence-corrected chi connectivity index (χ4v) is 3.82. The zero-order chi connectivity index (χ0) is 19.2. The minimum absolute atomic E-state index is 0.0398. The van der Waals surface area contributed by atoms with E-state index in [4.69, 9.17) is 0 Å². The molecule has 0 atom stereocenters. The van der Waals surface area contributed by atoms with E-state index < -0.39 is 0 Å². The number of halogens is 1. The molecule has 0 N–H and O–H groups in total. The lowest BCUT2D eigenvalue weighted by atomic mass is 9.90. The molecule has 0 fully saturated rings. The summed E-state index contributed by atoms with van der Waals surface area (Å²) < 4.78 is 17.4. The predicted molar refractivity (Wildman–Crippen MR) is 108 cm³/mol. The van der Waals surface area contributed by atoms with Crippen molar-refractivity contribution in [3.8, 4) is 11.3 Å². The van der Waals surface area contributed by atoms with Crippen LogP contribution in [0, 0.1) is 19.7 Å². The Morgan fingerprint density at radius 3 is 2.19 bits per heavy atom. The highest BCUT2D eigenvalue weighted by Gasteiger charge is 2.24. The molecule has 2 aromatic carbocycles. The number of pyridine rings is 1. The first-order valence-corrected chi connectivity index (χ1v) is 9.45. The van der Waals surface area contributed by atoms with Gasteiger partial charge in [-0.05, 0) is 48.9 Å². The van der Waals surface area contributed by atoms with Crippen molar-refractivity contribution in [2.24, 2.45) is 7.05 Å².